The van der Waals surface area contributed by atoms with Crippen LogP contribution in [0.3, 0.4) is 0 Å². The van der Waals surface area contributed by atoms with Gasteiger partial charge >= 0.3 is 12.1 Å². The van der Waals surface area contributed by atoms with Crippen molar-refractivity contribution in [3.05, 3.63) is 30.5 Å². The van der Waals surface area contributed by atoms with E-state index in [9.17, 15) is 9.59 Å². The van der Waals surface area contributed by atoms with Gasteiger partial charge in [-0.1, -0.05) is 0 Å². The fourth-order valence-corrected chi connectivity index (χ4v) is 3.29. The monoisotopic (exact) mass is 442 g/mol. The van der Waals surface area contributed by atoms with Crippen molar-refractivity contribution in [2.75, 3.05) is 19.7 Å². The minimum atomic E-state index is -0.718. The standard InChI is InChI=1S/C23H30N4O5/c1-6-30-19-16(8-7-13-24-19)17-9-10-18(26-25-17)31-20(28)23(5)11-14-27(15-12-23)21(29)32-22(2,3)4/h7-10,13H,6,11-12,14-15H2,1-5H3. The second-order valence-electron chi connectivity index (χ2n) is 8.96. The molecule has 0 unspecified atom stereocenters. The van der Waals surface area contributed by atoms with Crippen molar-refractivity contribution >= 4 is 12.1 Å². The van der Waals surface area contributed by atoms with Gasteiger partial charge in [-0.25, -0.2) is 9.78 Å². The van der Waals surface area contributed by atoms with Crippen LogP contribution in [0.4, 0.5) is 4.79 Å². The molecule has 2 aromatic heterocycles. The summed E-state index contributed by atoms with van der Waals surface area (Å²) in [4.78, 5) is 30.9. The van der Waals surface area contributed by atoms with E-state index in [-0.39, 0.29) is 17.9 Å². The fourth-order valence-electron chi connectivity index (χ4n) is 3.29. The average molecular weight is 443 g/mol. The fraction of sp³-hybridized carbons (Fsp3) is 0.522. The molecule has 1 aliphatic heterocycles. The lowest BCUT2D eigenvalue weighted by Crippen LogP contribution is -2.47. The molecule has 0 aliphatic carbocycles. The molecule has 3 rings (SSSR count). The van der Waals surface area contributed by atoms with Gasteiger partial charge in [0.1, 0.15) is 5.60 Å². The molecule has 172 valence electrons. The van der Waals surface area contributed by atoms with Crippen LogP contribution in [0.1, 0.15) is 47.5 Å². The Hall–Kier alpha value is -3.23. The van der Waals surface area contributed by atoms with Gasteiger partial charge in [-0.05, 0) is 65.7 Å². The van der Waals surface area contributed by atoms with Gasteiger partial charge in [0.15, 0.2) is 0 Å². The number of carbonyl (C=O) groups excluding carboxylic acids is 2. The largest absolute Gasteiger partial charge is 0.477 e. The molecular formula is C23H30N4O5. The summed E-state index contributed by atoms with van der Waals surface area (Å²) < 4.78 is 16.4. The number of rotatable bonds is 5. The Morgan fingerprint density at radius 2 is 1.84 bits per heavy atom. The van der Waals surface area contributed by atoms with E-state index in [2.05, 4.69) is 15.2 Å². The number of hydrogen-bond donors (Lipinski definition) is 0. The molecule has 0 spiro atoms. The van der Waals surface area contributed by atoms with E-state index in [0.717, 1.165) is 0 Å². The third-order valence-electron chi connectivity index (χ3n) is 5.18. The Bertz CT molecular complexity index is 948. The molecule has 9 heteroatoms. The number of nitrogens with zero attached hydrogens (tertiary/aromatic N) is 4. The van der Waals surface area contributed by atoms with Gasteiger partial charge in [-0.15, -0.1) is 10.2 Å². The predicted octanol–water partition coefficient (Wildman–Crippen LogP) is 3.88. The Labute approximate surface area is 188 Å². The lowest BCUT2D eigenvalue weighted by atomic mass is 9.80. The molecule has 1 aliphatic rings. The molecule has 3 heterocycles. The highest BCUT2D eigenvalue weighted by Crippen LogP contribution is 2.33. The predicted molar refractivity (Wildman–Crippen MR) is 117 cm³/mol. The quantitative estimate of drug-likeness (QED) is 0.643. The number of aromatic nitrogens is 3. The summed E-state index contributed by atoms with van der Waals surface area (Å²) in [5.41, 5.74) is 0.00462. The number of esters is 1. The highest BCUT2D eigenvalue weighted by Gasteiger charge is 2.40. The van der Waals surface area contributed by atoms with Crippen LogP contribution < -0.4 is 9.47 Å². The van der Waals surface area contributed by atoms with Crippen molar-refractivity contribution in [3.8, 4) is 23.0 Å². The van der Waals surface area contributed by atoms with E-state index in [1.54, 1.807) is 29.3 Å². The third kappa shape index (κ3) is 5.72. The van der Waals surface area contributed by atoms with E-state index in [0.29, 0.717) is 49.7 Å². The first-order valence-corrected chi connectivity index (χ1v) is 10.7. The van der Waals surface area contributed by atoms with Crippen molar-refractivity contribution in [1.82, 2.24) is 20.1 Å². The minimum absolute atomic E-state index is 0.122. The average Bonchev–Trinajstić information content (AvgIpc) is 2.74. The van der Waals surface area contributed by atoms with Crippen LogP contribution in [0.2, 0.25) is 0 Å². The zero-order chi connectivity index (χ0) is 23.4. The van der Waals surface area contributed by atoms with E-state index < -0.39 is 11.0 Å². The number of carbonyl (C=O) groups is 2. The first kappa shape index (κ1) is 23.4. The van der Waals surface area contributed by atoms with Crippen molar-refractivity contribution in [2.24, 2.45) is 5.41 Å². The van der Waals surface area contributed by atoms with Crippen molar-refractivity contribution < 1.29 is 23.8 Å². The van der Waals surface area contributed by atoms with Gasteiger partial charge in [0.25, 0.3) is 0 Å². The molecule has 0 bridgehead atoms. The maximum absolute atomic E-state index is 12.8. The summed E-state index contributed by atoms with van der Waals surface area (Å²) >= 11 is 0. The summed E-state index contributed by atoms with van der Waals surface area (Å²) in [6, 6.07) is 6.94. The van der Waals surface area contributed by atoms with Crippen LogP contribution in [0.5, 0.6) is 11.8 Å². The summed E-state index contributed by atoms with van der Waals surface area (Å²) in [7, 11) is 0. The summed E-state index contributed by atoms with van der Waals surface area (Å²) in [5.74, 6) is 0.203. The van der Waals surface area contributed by atoms with Crippen molar-refractivity contribution in [2.45, 2.75) is 53.1 Å². The normalized spacial score (nSPS) is 15.7. The van der Waals surface area contributed by atoms with E-state index in [1.807, 2.05) is 40.7 Å². The molecule has 2 aromatic rings. The minimum Gasteiger partial charge on any atom is -0.477 e. The number of amides is 1. The number of ether oxygens (including phenoxy) is 3. The highest BCUT2D eigenvalue weighted by atomic mass is 16.6. The van der Waals surface area contributed by atoms with Gasteiger partial charge in [0, 0.05) is 25.4 Å². The number of pyridine rings is 1. The smallest absolute Gasteiger partial charge is 0.410 e. The first-order chi connectivity index (χ1) is 15.1. The molecule has 0 aromatic carbocycles. The molecule has 0 saturated carbocycles. The van der Waals surface area contributed by atoms with E-state index >= 15 is 0 Å². The van der Waals surface area contributed by atoms with E-state index in [4.69, 9.17) is 14.2 Å². The summed E-state index contributed by atoms with van der Waals surface area (Å²) in [5, 5.41) is 8.21. The van der Waals surface area contributed by atoms with Gasteiger partial charge in [0.2, 0.25) is 11.8 Å². The summed E-state index contributed by atoms with van der Waals surface area (Å²) in [6.45, 7) is 10.5. The number of piperidine rings is 1. The Kier molecular flexibility index (Phi) is 6.96. The maximum Gasteiger partial charge on any atom is 0.410 e. The van der Waals surface area contributed by atoms with Crippen LogP contribution in [0.25, 0.3) is 11.3 Å². The zero-order valence-electron chi connectivity index (χ0n) is 19.3. The number of likely N-dealkylation sites (tertiary alicyclic amines) is 1. The molecule has 0 atom stereocenters. The Morgan fingerprint density at radius 3 is 2.44 bits per heavy atom. The lowest BCUT2D eigenvalue weighted by Gasteiger charge is -2.37. The molecule has 32 heavy (non-hydrogen) atoms. The summed E-state index contributed by atoms with van der Waals surface area (Å²) in [6.07, 6.45) is 2.23. The topological polar surface area (TPSA) is 104 Å². The van der Waals surface area contributed by atoms with Crippen LogP contribution in [0, 0.1) is 5.41 Å². The van der Waals surface area contributed by atoms with Crippen molar-refractivity contribution in [3.63, 3.8) is 0 Å². The second kappa shape index (κ2) is 9.50. The van der Waals surface area contributed by atoms with Crippen LogP contribution in [-0.2, 0) is 9.53 Å². The van der Waals surface area contributed by atoms with Crippen LogP contribution in [0.15, 0.2) is 30.5 Å². The van der Waals surface area contributed by atoms with Gasteiger partial charge < -0.3 is 19.1 Å². The van der Waals surface area contributed by atoms with E-state index in [1.165, 1.54) is 0 Å². The lowest BCUT2D eigenvalue weighted by molar-refractivity contribution is -0.148. The molecule has 0 N–H and O–H groups in total. The maximum atomic E-state index is 12.8. The SMILES string of the molecule is CCOc1ncccc1-c1ccc(OC(=O)C2(C)CCN(C(=O)OC(C)(C)C)CC2)nn1. The third-order valence-corrected chi connectivity index (χ3v) is 5.18. The Balaban J connectivity index is 1.61. The Morgan fingerprint density at radius 1 is 1.12 bits per heavy atom. The zero-order valence-corrected chi connectivity index (χ0v) is 19.3. The molecular weight excluding hydrogens is 412 g/mol. The molecule has 9 nitrogen and oxygen atoms in total. The first-order valence-electron chi connectivity index (χ1n) is 10.7. The van der Waals surface area contributed by atoms with Gasteiger partial charge in [-0.3, -0.25) is 4.79 Å². The second-order valence-corrected chi connectivity index (χ2v) is 8.96. The molecule has 0 radical (unpaired) electrons. The van der Waals surface area contributed by atoms with Gasteiger partial charge in [-0.2, -0.15) is 0 Å². The number of hydrogen-bond acceptors (Lipinski definition) is 8. The molecule has 1 saturated heterocycles. The van der Waals surface area contributed by atoms with Crippen molar-refractivity contribution in [1.29, 1.82) is 0 Å². The van der Waals surface area contributed by atoms with Crippen LogP contribution >= 0.6 is 0 Å². The highest BCUT2D eigenvalue weighted by molar-refractivity contribution is 5.79. The molecule has 1 fully saturated rings. The van der Waals surface area contributed by atoms with Gasteiger partial charge in [0.05, 0.1) is 23.3 Å². The molecule has 1 amide bonds. The van der Waals surface area contributed by atoms with Crippen LogP contribution in [-0.4, -0.2) is 57.4 Å².